The van der Waals surface area contributed by atoms with Gasteiger partial charge in [0.25, 0.3) is 0 Å². The fourth-order valence-corrected chi connectivity index (χ4v) is 2.95. The molecule has 0 bridgehead atoms. The van der Waals surface area contributed by atoms with Crippen LogP contribution in [0.25, 0.3) is 0 Å². The van der Waals surface area contributed by atoms with Crippen molar-refractivity contribution in [3.63, 3.8) is 0 Å². The van der Waals surface area contributed by atoms with E-state index in [0.29, 0.717) is 0 Å². The lowest BCUT2D eigenvalue weighted by Gasteiger charge is -2.24. The van der Waals surface area contributed by atoms with Gasteiger partial charge in [0.1, 0.15) is 0 Å². The quantitative estimate of drug-likeness (QED) is 0.608. The van der Waals surface area contributed by atoms with Crippen LogP contribution in [0.5, 0.6) is 0 Å². The predicted molar refractivity (Wildman–Crippen MR) is 41.7 cm³/mol. The molecule has 1 aliphatic heterocycles. The van der Waals surface area contributed by atoms with Crippen LogP contribution in [-0.2, 0) is 4.74 Å². The standard InChI is InChI=1S/C9H6F10O/c10-6(11,12)2-1-3(7(13,14)15)5-4(2)8(16,17)20-9(5,18)19/h2-5H,1H2/t2?,3?,4-,5+. The van der Waals surface area contributed by atoms with E-state index in [0.717, 1.165) is 0 Å². The van der Waals surface area contributed by atoms with Gasteiger partial charge in [0.2, 0.25) is 0 Å². The SMILES string of the molecule is FC(F)(F)C1CC(C(F)(F)F)[C@H]2[C@@H]1C(F)(F)OC2(F)F. The molecule has 4 atom stereocenters. The van der Waals surface area contributed by atoms with Crippen molar-refractivity contribution < 1.29 is 48.6 Å². The smallest absolute Gasteiger partial charge is 0.255 e. The van der Waals surface area contributed by atoms with Gasteiger partial charge < -0.3 is 0 Å². The summed E-state index contributed by atoms with van der Waals surface area (Å²) in [5, 5.41) is 0. The van der Waals surface area contributed by atoms with Crippen LogP contribution < -0.4 is 0 Å². The average molecular weight is 320 g/mol. The van der Waals surface area contributed by atoms with Crippen LogP contribution in [0.4, 0.5) is 43.9 Å². The monoisotopic (exact) mass is 320 g/mol. The molecule has 20 heavy (non-hydrogen) atoms. The Kier molecular flexibility index (Phi) is 3.07. The molecule has 2 unspecified atom stereocenters. The number of hydrogen-bond donors (Lipinski definition) is 0. The Balaban J connectivity index is 2.50. The molecule has 0 spiro atoms. The van der Waals surface area contributed by atoms with Crippen molar-refractivity contribution in [1.82, 2.24) is 0 Å². The minimum atomic E-state index is -5.45. The summed E-state index contributed by atoms with van der Waals surface area (Å²) in [4.78, 5) is 0. The Morgan fingerprint density at radius 1 is 0.700 bits per heavy atom. The molecule has 0 amide bonds. The van der Waals surface area contributed by atoms with E-state index < -0.39 is 54.7 Å². The van der Waals surface area contributed by atoms with Gasteiger partial charge in [-0.25, -0.2) is 0 Å². The van der Waals surface area contributed by atoms with Gasteiger partial charge in [-0.15, -0.1) is 0 Å². The summed E-state index contributed by atoms with van der Waals surface area (Å²) in [6.45, 7) is 0. The second-order valence-corrected chi connectivity index (χ2v) is 4.81. The fraction of sp³-hybridized carbons (Fsp3) is 1.00. The van der Waals surface area contributed by atoms with Gasteiger partial charge in [-0.05, 0) is 6.42 Å². The summed E-state index contributed by atoms with van der Waals surface area (Å²) in [5.74, 6) is -12.9. The molecule has 0 aromatic heterocycles. The molecule has 1 nitrogen and oxygen atoms in total. The lowest BCUT2D eigenvalue weighted by Crippen LogP contribution is -2.37. The molecule has 1 saturated heterocycles. The molecule has 2 fully saturated rings. The van der Waals surface area contributed by atoms with Gasteiger partial charge in [-0.3, -0.25) is 4.74 Å². The summed E-state index contributed by atoms with van der Waals surface area (Å²) in [6.07, 6.45) is -22.7. The first-order valence-corrected chi connectivity index (χ1v) is 5.27. The maximum atomic E-state index is 13.2. The van der Waals surface area contributed by atoms with Crippen molar-refractivity contribution >= 4 is 0 Å². The number of hydrogen-bond acceptors (Lipinski definition) is 1. The molecule has 0 radical (unpaired) electrons. The number of rotatable bonds is 0. The Hall–Kier alpha value is -0.740. The number of fused-ring (bicyclic) bond motifs is 1. The van der Waals surface area contributed by atoms with Crippen LogP contribution in [0.15, 0.2) is 0 Å². The molecule has 118 valence electrons. The van der Waals surface area contributed by atoms with Gasteiger partial charge in [-0.1, -0.05) is 0 Å². The third-order valence-corrected chi connectivity index (χ3v) is 3.65. The zero-order valence-corrected chi connectivity index (χ0v) is 9.20. The number of halogens is 10. The van der Waals surface area contributed by atoms with Crippen molar-refractivity contribution in [3.8, 4) is 0 Å². The van der Waals surface area contributed by atoms with E-state index in [2.05, 4.69) is 4.74 Å². The molecule has 2 aliphatic rings. The van der Waals surface area contributed by atoms with E-state index in [4.69, 9.17) is 0 Å². The molecular formula is C9H6F10O. The van der Waals surface area contributed by atoms with E-state index in [1.54, 1.807) is 0 Å². The normalized spacial score (nSPS) is 39.9. The number of ether oxygens (including phenoxy) is 1. The second kappa shape index (κ2) is 3.92. The van der Waals surface area contributed by atoms with Gasteiger partial charge in [0.05, 0.1) is 23.7 Å². The van der Waals surface area contributed by atoms with E-state index in [1.807, 2.05) is 0 Å². The molecule has 1 aliphatic carbocycles. The Morgan fingerprint density at radius 3 is 1.25 bits per heavy atom. The zero-order valence-electron chi connectivity index (χ0n) is 9.20. The highest BCUT2D eigenvalue weighted by atomic mass is 19.4. The fourth-order valence-electron chi connectivity index (χ4n) is 2.95. The Morgan fingerprint density at radius 2 is 1.00 bits per heavy atom. The lowest BCUT2D eigenvalue weighted by atomic mass is 9.87. The third-order valence-electron chi connectivity index (χ3n) is 3.65. The van der Waals surface area contributed by atoms with E-state index >= 15 is 0 Å². The van der Waals surface area contributed by atoms with Crippen LogP contribution in [0.2, 0.25) is 0 Å². The van der Waals surface area contributed by atoms with Gasteiger partial charge >= 0.3 is 24.6 Å². The summed E-state index contributed by atoms with van der Waals surface area (Å²) >= 11 is 0. The van der Waals surface area contributed by atoms with Crippen molar-refractivity contribution in [2.75, 3.05) is 0 Å². The topological polar surface area (TPSA) is 9.23 Å². The van der Waals surface area contributed by atoms with Crippen LogP contribution in [0.1, 0.15) is 6.42 Å². The van der Waals surface area contributed by atoms with Gasteiger partial charge in [0, 0.05) is 0 Å². The van der Waals surface area contributed by atoms with E-state index in [9.17, 15) is 43.9 Å². The first kappa shape index (κ1) is 15.6. The zero-order chi connectivity index (χ0) is 15.7. The Bertz CT molecular complexity index is 361. The molecule has 0 N–H and O–H groups in total. The van der Waals surface area contributed by atoms with E-state index in [1.165, 1.54) is 0 Å². The average Bonchev–Trinajstić information content (AvgIpc) is 2.60. The summed E-state index contributed by atoms with van der Waals surface area (Å²) in [6, 6.07) is 0. The largest absolute Gasteiger partial charge is 0.392 e. The highest BCUT2D eigenvalue weighted by Gasteiger charge is 2.79. The van der Waals surface area contributed by atoms with Gasteiger partial charge in [-0.2, -0.15) is 43.9 Å². The molecular weight excluding hydrogens is 314 g/mol. The van der Waals surface area contributed by atoms with Crippen LogP contribution in [0.3, 0.4) is 0 Å². The lowest BCUT2D eigenvalue weighted by molar-refractivity contribution is -0.358. The molecule has 2 rings (SSSR count). The predicted octanol–water partition coefficient (Wildman–Crippen LogP) is 4.20. The highest BCUT2D eigenvalue weighted by molar-refractivity contribution is 5.06. The minimum Gasteiger partial charge on any atom is -0.255 e. The van der Waals surface area contributed by atoms with E-state index in [-0.39, 0.29) is 0 Å². The molecule has 0 aromatic rings. The second-order valence-electron chi connectivity index (χ2n) is 4.81. The maximum Gasteiger partial charge on any atom is 0.392 e. The van der Waals surface area contributed by atoms with Crippen molar-refractivity contribution in [1.29, 1.82) is 0 Å². The molecule has 1 heterocycles. The summed E-state index contributed by atoms with van der Waals surface area (Å²) in [5.41, 5.74) is 0. The van der Waals surface area contributed by atoms with Crippen LogP contribution in [0, 0.1) is 23.7 Å². The molecule has 0 aromatic carbocycles. The minimum absolute atomic E-state index is 1.85. The summed E-state index contributed by atoms with van der Waals surface area (Å²) < 4.78 is 131. The molecule has 11 heteroatoms. The van der Waals surface area contributed by atoms with Gasteiger partial charge in [0.15, 0.2) is 0 Å². The maximum absolute atomic E-state index is 13.2. The third kappa shape index (κ3) is 2.23. The van der Waals surface area contributed by atoms with Crippen molar-refractivity contribution in [3.05, 3.63) is 0 Å². The van der Waals surface area contributed by atoms with Crippen molar-refractivity contribution in [2.45, 2.75) is 31.0 Å². The Labute approximate surface area is 104 Å². The summed E-state index contributed by atoms with van der Waals surface area (Å²) in [7, 11) is 0. The van der Waals surface area contributed by atoms with Crippen LogP contribution >= 0.6 is 0 Å². The first-order chi connectivity index (χ1) is 8.68. The number of alkyl halides is 10. The van der Waals surface area contributed by atoms with Crippen molar-refractivity contribution in [2.24, 2.45) is 23.7 Å². The van der Waals surface area contributed by atoms with Crippen LogP contribution in [-0.4, -0.2) is 24.6 Å². The molecule has 1 saturated carbocycles. The first-order valence-electron chi connectivity index (χ1n) is 5.27. The highest BCUT2D eigenvalue weighted by Crippen LogP contribution is 2.66.